The van der Waals surface area contributed by atoms with E-state index in [-0.39, 0.29) is 6.54 Å². The van der Waals surface area contributed by atoms with Gasteiger partial charge in [0.15, 0.2) is 11.6 Å². The van der Waals surface area contributed by atoms with Gasteiger partial charge in [-0.3, -0.25) is 9.97 Å². The monoisotopic (exact) mass is 914 g/mol. The lowest BCUT2D eigenvalue weighted by Crippen LogP contribution is -2.35. The summed E-state index contributed by atoms with van der Waals surface area (Å²) in [5, 5.41) is 17.4. The maximum atomic E-state index is 13.4. The summed E-state index contributed by atoms with van der Waals surface area (Å²) in [5.74, 6) is 1.32. The van der Waals surface area contributed by atoms with Crippen LogP contribution in [0.2, 0.25) is 0 Å². The number of benzene rings is 2. The molecule has 6 aromatic heterocycles. The quantitative estimate of drug-likeness (QED) is 0.0851. The summed E-state index contributed by atoms with van der Waals surface area (Å²) in [6.45, 7) is 15.3. The lowest BCUT2D eigenvalue weighted by molar-refractivity contribution is 0.0491. The third-order valence-electron chi connectivity index (χ3n) is 11.1. The van der Waals surface area contributed by atoms with Crippen LogP contribution < -0.4 is 22.1 Å². The average Bonchev–Trinajstić information content (AvgIpc) is 3.94. The molecule has 0 fully saturated rings. The van der Waals surface area contributed by atoms with E-state index in [1.807, 2.05) is 159 Å². The van der Waals surface area contributed by atoms with Crippen molar-refractivity contribution >= 4 is 34.0 Å². The Labute approximate surface area is 395 Å². The minimum absolute atomic E-state index is 0.278. The highest BCUT2D eigenvalue weighted by molar-refractivity contribution is 5.89. The van der Waals surface area contributed by atoms with E-state index in [1.165, 1.54) is 0 Å². The molecule has 68 heavy (non-hydrogen) atoms. The molecule has 16 nitrogen and oxygen atoms in total. The van der Waals surface area contributed by atoms with Crippen molar-refractivity contribution in [1.82, 2.24) is 50.1 Å². The third kappa shape index (κ3) is 11.0. The van der Waals surface area contributed by atoms with E-state index in [4.69, 9.17) is 46.1 Å². The SMILES string of the molecule is Cc1cccc(-n2cc3c(CN)cc(-c4cccc(C(CCc5cccc(-n6ncc7c(CN)cc(-c8cccc(C(C)NC(=O)OC(C)(C)C)n8)cc76)n5)NC(=O)OC(C)(C)C)n4)cc3n2)n1. The number of nitrogens with two attached hydrogens (primary N) is 2. The van der Waals surface area contributed by atoms with Gasteiger partial charge in [-0.15, -0.1) is 0 Å². The maximum absolute atomic E-state index is 13.4. The number of aromatic nitrogens is 8. The van der Waals surface area contributed by atoms with Crippen LogP contribution in [0.1, 0.15) is 101 Å². The first-order chi connectivity index (χ1) is 32.4. The van der Waals surface area contributed by atoms with Crippen LogP contribution in [-0.4, -0.2) is 62.9 Å². The van der Waals surface area contributed by atoms with Crippen LogP contribution in [-0.2, 0) is 29.0 Å². The molecule has 0 spiro atoms. The molecule has 16 heteroatoms. The topological polar surface area (TPSA) is 216 Å². The number of rotatable bonds is 13. The highest BCUT2D eigenvalue weighted by atomic mass is 16.6. The van der Waals surface area contributed by atoms with Crippen molar-refractivity contribution in [1.29, 1.82) is 0 Å². The van der Waals surface area contributed by atoms with Gasteiger partial charge in [0.25, 0.3) is 0 Å². The number of aryl methyl sites for hydroxylation is 2. The third-order valence-corrected chi connectivity index (χ3v) is 11.1. The minimum atomic E-state index is -0.711. The molecule has 0 bridgehead atoms. The number of nitrogens with zero attached hydrogens (tertiary/aromatic N) is 8. The van der Waals surface area contributed by atoms with Crippen LogP contribution >= 0.6 is 0 Å². The second kappa shape index (κ2) is 19.3. The molecule has 2 atom stereocenters. The fraction of sp³-hybridized carbons (Fsp3) is 0.308. The Morgan fingerprint density at radius 1 is 0.691 bits per heavy atom. The number of hydrogen-bond acceptors (Lipinski definition) is 12. The van der Waals surface area contributed by atoms with E-state index in [1.54, 1.807) is 15.6 Å². The van der Waals surface area contributed by atoms with Crippen molar-refractivity contribution in [3.63, 3.8) is 0 Å². The lowest BCUT2D eigenvalue weighted by atomic mass is 10.0. The smallest absolute Gasteiger partial charge is 0.408 e. The molecule has 0 aliphatic rings. The number of pyridine rings is 4. The summed E-state index contributed by atoms with van der Waals surface area (Å²) in [5.41, 5.74) is 20.7. The van der Waals surface area contributed by atoms with Gasteiger partial charge in [-0.25, -0.2) is 28.9 Å². The van der Waals surface area contributed by atoms with Crippen LogP contribution in [0.15, 0.2) is 109 Å². The summed E-state index contributed by atoms with van der Waals surface area (Å²) in [6.07, 6.45) is 3.62. The summed E-state index contributed by atoms with van der Waals surface area (Å²) in [4.78, 5) is 45.7. The number of fused-ring (bicyclic) bond motifs is 2. The van der Waals surface area contributed by atoms with Crippen LogP contribution in [0.25, 0.3) is 56.0 Å². The van der Waals surface area contributed by atoms with Crippen LogP contribution in [0, 0.1) is 6.92 Å². The highest BCUT2D eigenvalue weighted by Gasteiger charge is 2.24. The number of amides is 2. The normalized spacial score (nSPS) is 12.8. The Kier molecular flexibility index (Phi) is 13.4. The molecule has 8 aromatic rings. The molecule has 0 saturated heterocycles. The first-order valence-electron chi connectivity index (χ1n) is 22.7. The first-order valence-corrected chi connectivity index (χ1v) is 22.7. The van der Waals surface area contributed by atoms with Crippen LogP contribution in [0.3, 0.4) is 0 Å². The molecular formula is C52H58N12O4. The Balaban J connectivity index is 1.07. The zero-order valence-electron chi connectivity index (χ0n) is 39.7. The first kappa shape index (κ1) is 47.0. The second-order valence-corrected chi connectivity index (χ2v) is 18.8. The van der Waals surface area contributed by atoms with Gasteiger partial charge >= 0.3 is 12.2 Å². The Bertz CT molecular complexity index is 3130. The number of hydrogen-bond donors (Lipinski definition) is 4. The zero-order chi connectivity index (χ0) is 48.3. The maximum Gasteiger partial charge on any atom is 0.408 e. The van der Waals surface area contributed by atoms with E-state index >= 15 is 0 Å². The van der Waals surface area contributed by atoms with Crippen molar-refractivity contribution < 1.29 is 19.1 Å². The minimum Gasteiger partial charge on any atom is -0.444 e. The van der Waals surface area contributed by atoms with Gasteiger partial charge in [0.05, 0.1) is 52.1 Å². The molecule has 2 amide bonds. The van der Waals surface area contributed by atoms with E-state index < -0.39 is 35.5 Å². The number of nitrogens with one attached hydrogen (secondary N) is 2. The largest absolute Gasteiger partial charge is 0.444 e. The fourth-order valence-corrected chi connectivity index (χ4v) is 7.96. The molecule has 8 rings (SSSR count). The summed E-state index contributed by atoms with van der Waals surface area (Å²) < 4.78 is 14.8. The lowest BCUT2D eigenvalue weighted by Gasteiger charge is -2.24. The van der Waals surface area contributed by atoms with Gasteiger partial charge in [0, 0.05) is 52.6 Å². The molecule has 6 heterocycles. The zero-order valence-corrected chi connectivity index (χ0v) is 39.7. The van der Waals surface area contributed by atoms with E-state index in [0.29, 0.717) is 53.8 Å². The van der Waals surface area contributed by atoms with Crippen molar-refractivity contribution in [3.05, 3.63) is 143 Å². The van der Waals surface area contributed by atoms with Gasteiger partial charge < -0.3 is 31.6 Å². The Morgan fingerprint density at radius 3 is 1.97 bits per heavy atom. The van der Waals surface area contributed by atoms with Crippen LogP contribution in [0.4, 0.5) is 9.59 Å². The van der Waals surface area contributed by atoms with Gasteiger partial charge in [-0.2, -0.15) is 10.2 Å². The molecular weight excluding hydrogens is 857 g/mol. The molecule has 350 valence electrons. The highest BCUT2D eigenvalue weighted by Crippen LogP contribution is 2.31. The van der Waals surface area contributed by atoms with Gasteiger partial charge in [0.2, 0.25) is 0 Å². The molecule has 0 radical (unpaired) electrons. The van der Waals surface area contributed by atoms with Gasteiger partial charge in [0.1, 0.15) is 11.2 Å². The molecule has 0 saturated carbocycles. The van der Waals surface area contributed by atoms with Crippen molar-refractivity contribution in [3.8, 4) is 34.2 Å². The van der Waals surface area contributed by atoms with E-state index in [9.17, 15) is 9.59 Å². The van der Waals surface area contributed by atoms with E-state index in [2.05, 4.69) is 15.6 Å². The average molecular weight is 915 g/mol. The summed E-state index contributed by atoms with van der Waals surface area (Å²) in [7, 11) is 0. The van der Waals surface area contributed by atoms with Crippen molar-refractivity contribution in [2.45, 2.75) is 105 Å². The molecule has 0 aliphatic carbocycles. The Morgan fingerprint density at radius 2 is 1.29 bits per heavy atom. The standard InChI is InChI=1S/C52H58N12O4/c1-31-13-9-19-47(56-31)63-30-39-36(28-54)23-33(25-45(39)62-63)41-17-12-18-43(60-41)44(61-50(66)68-52(6,7)8)22-21-37-14-10-20-48(58-37)64-46-26-34(24-35(27-53)38(46)29-55-64)42-16-11-15-40(59-42)32(2)57-49(65)67-51(3,4)5/h9-20,23-26,29-30,32,44H,21-22,27-28,53-54H2,1-8H3,(H,57,65)(H,61,66). The molecule has 0 aliphatic heterocycles. The molecule has 2 unspecified atom stereocenters. The number of ether oxygens (including phenoxy) is 2. The fourth-order valence-electron chi connectivity index (χ4n) is 7.96. The van der Waals surface area contributed by atoms with Crippen LogP contribution in [0.5, 0.6) is 0 Å². The number of carbonyl (C=O) groups excluding carboxylic acids is 2. The molecule has 6 N–H and O–H groups in total. The predicted molar refractivity (Wildman–Crippen MR) is 263 cm³/mol. The predicted octanol–water partition coefficient (Wildman–Crippen LogP) is 9.29. The van der Waals surface area contributed by atoms with Gasteiger partial charge in [-0.1, -0.05) is 24.3 Å². The van der Waals surface area contributed by atoms with Crippen molar-refractivity contribution in [2.75, 3.05) is 0 Å². The van der Waals surface area contributed by atoms with Crippen molar-refractivity contribution in [2.24, 2.45) is 11.5 Å². The number of alkyl carbamates (subject to hydrolysis) is 2. The van der Waals surface area contributed by atoms with E-state index in [0.717, 1.165) is 55.4 Å². The Hall–Kier alpha value is -7.56. The summed E-state index contributed by atoms with van der Waals surface area (Å²) >= 11 is 0. The summed E-state index contributed by atoms with van der Waals surface area (Å²) in [6, 6.07) is 30.2. The second-order valence-electron chi connectivity index (χ2n) is 18.8. The van der Waals surface area contributed by atoms with Gasteiger partial charge in [-0.05, 0) is 152 Å². The number of carbonyl (C=O) groups is 2. The molecule has 2 aromatic carbocycles.